The highest BCUT2D eigenvalue weighted by atomic mass is 35.5. The molecule has 0 aliphatic heterocycles. The van der Waals surface area contributed by atoms with Gasteiger partial charge in [0, 0.05) is 11.1 Å². The van der Waals surface area contributed by atoms with E-state index in [0.717, 1.165) is 11.2 Å². The Hall–Kier alpha value is -2.46. The molecule has 1 N–H and O–H groups in total. The normalized spacial score (nSPS) is 10.8. The second-order valence-corrected chi connectivity index (χ2v) is 4.88. The van der Waals surface area contributed by atoms with Crippen LogP contribution in [0, 0.1) is 0 Å². The summed E-state index contributed by atoms with van der Waals surface area (Å²) >= 11 is 6.32. The fourth-order valence-electron chi connectivity index (χ4n) is 2.40. The Labute approximate surface area is 126 Å². The second-order valence-electron chi connectivity index (χ2n) is 4.53. The molecular weight excluding hydrogens is 290 g/mol. The molecule has 21 heavy (non-hydrogen) atoms. The number of fused-ring (bicyclic) bond motifs is 1. The minimum Gasteiger partial charge on any atom is -0.497 e. The van der Waals surface area contributed by atoms with Gasteiger partial charge in [0.2, 0.25) is 0 Å². The van der Waals surface area contributed by atoms with Crippen LogP contribution in [0.4, 0.5) is 0 Å². The van der Waals surface area contributed by atoms with Crippen molar-refractivity contribution >= 4 is 28.5 Å². The third kappa shape index (κ3) is 2.14. The minimum absolute atomic E-state index is 0.0782. The summed E-state index contributed by atoms with van der Waals surface area (Å²) in [7, 11) is 1.54. The molecule has 0 unspecified atom stereocenters. The molecule has 4 nitrogen and oxygen atoms in total. The summed E-state index contributed by atoms with van der Waals surface area (Å²) in [6.45, 7) is 0. The molecule has 5 heteroatoms. The van der Waals surface area contributed by atoms with Gasteiger partial charge in [-0.15, -0.1) is 0 Å². The molecule has 1 heterocycles. The number of aromatic carboxylic acids is 1. The van der Waals surface area contributed by atoms with Gasteiger partial charge in [-0.2, -0.15) is 0 Å². The number of hydrogen-bond acceptors (Lipinski definition) is 2. The van der Waals surface area contributed by atoms with Crippen LogP contribution >= 0.6 is 11.6 Å². The van der Waals surface area contributed by atoms with E-state index >= 15 is 0 Å². The molecule has 0 amide bonds. The van der Waals surface area contributed by atoms with Crippen LogP contribution in [0.3, 0.4) is 0 Å². The number of hydrogen-bond donors (Lipinski definition) is 1. The average Bonchev–Trinajstić information content (AvgIpc) is 2.79. The van der Waals surface area contributed by atoms with Crippen LogP contribution < -0.4 is 4.74 Å². The summed E-state index contributed by atoms with van der Waals surface area (Å²) in [5, 5.41) is 10.2. The maximum Gasteiger partial charge on any atom is 0.339 e. The Morgan fingerprint density at radius 1 is 1.19 bits per heavy atom. The molecule has 1 aromatic heterocycles. The fourth-order valence-corrected chi connectivity index (χ4v) is 2.77. The number of para-hydroxylation sites is 1. The monoisotopic (exact) mass is 301 g/mol. The van der Waals surface area contributed by atoms with E-state index in [4.69, 9.17) is 16.3 Å². The zero-order valence-corrected chi connectivity index (χ0v) is 12.0. The molecule has 0 radical (unpaired) electrons. The van der Waals surface area contributed by atoms with Gasteiger partial charge in [0.05, 0.1) is 12.6 Å². The maximum absolute atomic E-state index is 11.5. The smallest absolute Gasteiger partial charge is 0.339 e. The Morgan fingerprint density at radius 2 is 1.90 bits per heavy atom. The van der Waals surface area contributed by atoms with Gasteiger partial charge in [0.1, 0.15) is 16.5 Å². The van der Waals surface area contributed by atoms with Crippen LogP contribution in [-0.4, -0.2) is 22.8 Å². The standard InChI is InChI=1S/C16H12ClNO3/c1-21-11-7-8-13-12(9-11)14(16(19)20)15(17)18(13)10-5-3-2-4-6-10/h2-9H,1H3,(H,19,20). The van der Waals surface area contributed by atoms with Crippen molar-refractivity contribution in [1.29, 1.82) is 0 Å². The first-order chi connectivity index (χ1) is 10.1. The minimum atomic E-state index is -1.06. The van der Waals surface area contributed by atoms with E-state index in [0.29, 0.717) is 11.1 Å². The average molecular weight is 302 g/mol. The third-order valence-corrected chi connectivity index (χ3v) is 3.70. The van der Waals surface area contributed by atoms with Gasteiger partial charge < -0.3 is 9.84 Å². The van der Waals surface area contributed by atoms with E-state index in [-0.39, 0.29) is 10.7 Å². The maximum atomic E-state index is 11.5. The number of methoxy groups -OCH3 is 1. The number of halogens is 1. The highest BCUT2D eigenvalue weighted by Gasteiger charge is 2.22. The zero-order valence-electron chi connectivity index (χ0n) is 11.2. The molecular formula is C16H12ClNO3. The lowest BCUT2D eigenvalue weighted by atomic mass is 10.1. The first-order valence-electron chi connectivity index (χ1n) is 6.30. The molecule has 0 atom stereocenters. The van der Waals surface area contributed by atoms with E-state index in [9.17, 15) is 9.90 Å². The predicted octanol–water partition coefficient (Wildman–Crippen LogP) is 3.99. The van der Waals surface area contributed by atoms with Crippen molar-refractivity contribution in [2.75, 3.05) is 7.11 Å². The molecule has 0 saturated carbocycles. The third-order valence-electron chi connectivity index (χ3n) is 3.34. The largest absolute Gasteiger partial charge is 0.497 e. The lowest BCUT2D eigenvalue weighted by molar-refractivity contribution is 0.0699. The number of aromatic nitrogens is 1. The molecule has 3 aromatic rings. The number of carboxylic acids is 1. The zero-order chi connectivity index (χ0) is 15.0. The fraction of sp³-hybridized carbons (Fsp3) is 0.0625. The number of carboxylic acid groups (broad SMARTS) is 1. The number of carbonyl (C=O) groups is 1. The molecule has 106 valence electrons. The van der Waals surface area contributed by atoms with Crippen molar-refractivity contribution in [3.8, 4) is 11.4 Å². The highest BCUT2D eigenvalue weighted by Crippen LogP contribution is 2.35. The molecule has 0 aliphatic carbocycles. The Kier molecular flexibility index (Phi) is 3.31. The Morgan fingerprint density at radius 3 is 2.52 bits per heavy atom. The van der Waals surface area contributed by atoms with Gasteiger partial charge in [-0.1, -0.05) is 29.8 Å². The summed E-state index contributed by atoms with van der Waals surface area (Å²) in [4.78, 5) is 11.5. The van der Waals surface area contributed by atoms with Crippen molar-refractivity contribution < 1.29 is 14.6 Å². The molecule has 0 bridgehead atoms. The van der Waals surface area contributed by atoms with Gasteiger partial charge in [-0.3, -0.25) is 4.57 Å². The van der Waals surface area contributed by atoms with Gasteiger partial charge in [0.25, 0.3) is 0 Å². The van der Waals surface area contributed by atoms with Crippen LogP contribution in [0.5, 0.6) is 5.75 Å². The van der Waals surface area contributed by atoms with Crippen LogP contribution in [0.15, 0.2) is 48.5 Å². The van der Waals surface area contributed by atoms with E-state index in [1.54, 1.807) is 22.8 Å². The number of rotatable bonds is 3. The number of benzene rings is 2. The van der Waals surface area contributed by atoms with Crippen LogP contribution in [0.1, 0.15) is 10.4 Å². The molecule has 0 aliphatic rings. The summed E-state index contributed by atoms with van der Waals surface area (Å²) in [5.74, 6) is -0.472. The van der Waals surface area contributed by atoms with Crippen molar-refractivity contribution in [2.24, 2.45) is 0 Å². The molecule has 3 rings (SSSR count). The van der Waals surface area contributed by atoms with Crippen LogP contribution in [-0.2, 0) is 0 Å². The van der Waals surface area contributed by atoms with Crippen molar-refractivity contribution in [2.45, 2.75) is 0 Å². The lowest BCUT2D eigenvalue weighted by Crippen LogP contribution is -1.98. The quantitative estimate of drug-likeness (QED) is 0.796. The van der Waals surface area contributed by atoms with Gasteiger partial charge >= 0.3 is 5.97 Å². The second kappa shape index (κ2) is 5.14. The van der Waals surface area contributed by atoms with E-state index in [1.807, 2.05) is 30.3 Å². The van der Waals surface area contributed by atoms with E-state index < -0.39 is 5.97 Å². The summed E-state index contributed by atoms with van der Waals surface area (Å²) < 4.78 is 6.89. The molecule has 0 saturated heterocycles. The molecule has 0 spiro atoms. The van der Waals surface area contributed by atoms with Gasteiger partial charge in [-0.05, 0) is 30.3 Å². The van der Waals surface area contributed by atoms with Crippen LogP contribution in [0.25, 0.3) is 16.6 Å². The summed E-state index contributed by atoms with van der Waals surface area (Å²) in [6.07, 6.45) is 0. The molecule has 2 aromatic carbocycles. The van der Waals surface area contributed by atoms with E-state index in [2.05, 4.69) is 0 Å². The molecule has 0 fully saturated rings. The predicted molar refractivity (Wildman–Crippen MR) is 81.8 cm³/mol. The SMILES string of the molecule is COc1ccc2c(c1)c(C(=O)O)c(Cl)n2-c1ccccc1. The van der Waals surface area contributed by atoms with Crippen molar-refractivity contribution in [1.82, 2.24) is 4.57 Å². The first kappa shape index (κ1) is 13.5. The highest BCUT2D eigenvalue weighted by molar-refractivity contribution is 6.35. The van der Waals surface area contributed by atoms with Crippen molar-refractivity contribution in [3.63, 3.8) is 0 Å². The Bertz CT molecular complexity index is 824. The van der Waals surface area contributed by atoms with E-state index in [1.165, 1.54) is 7.11 Å². The Balaban J connectivity index is 2.40. The summed E-state index contributed by atoms with van der Waals surface area (Å²) in [6, 6.07) is 14.7. The van der Waals surface area contributed by atoms with Gasteiger partial charge in [0.15, 0.2) is 0 Å². The van der Waals surface area contributed by atoms with Crippen molar-refractivity contribution in [3.05, 3.63) is 59.2 Å². The first-order valence-corrected chi connectivity index (χ1v) is 6.68. The number of nitrogens with zero attached hydrogens (tertiary/aromatic N) is 1. The number of ether oxygens (including phenoxy) is 1. The lowest BCUT2D eigenvalue weighted by Gasteiger charge is -2.07. The van der Waals surface area contributed by atoms with Crippen LogP contribution in [0.2, 0.25) is 5.15 Å². The van der Waals surface area contributed by atoms with Gasteiger partial charge in [-0.25, -0.2) is 4.79 Å². The summed E-state index contributed by atoms with van der Waals surface area (Å²) in [5.41, 5.74) is 1.61. The topological polar surface area (TPSA) is 51.5 Å².